The maximum atomic E-state index is 12.1. The Morgan fingerprint density at radius 2 is 1.79 bits per heavy atom. The van der Waals surface area contributed by atoms with Crippen LogP contribution < -0.4 is 0 Å². The van der Waals surface area contributed by atoms with Crippen molar-refractivity contribution >= 4 is 16.0 Å². The third kappa shape index (κ3) is 5.48. The molecule has 0 amide bonds. The highest BCUT2D eigenvalue weighted by Gasteiger charge is 2.30. The molecule has 5 nitrogen and oxygen atoms in total. The van der Waals surface area contributed by atoms with Crippen LogP contribution in [0.3, 0.4) is 0 Å². The zero-order chi connectivity index (χ0) is 14.7. The first-order valence-electron chi connectivity index (χ1n) is 6.82. The molecule has 1 saturated heterocycles. The minimum atomic E-state index is -3.21. The molecule has 0 unspecified atom stereocenters. The van der Waals surface area contributed by atoms with E-state index >= 15 is 0 Å². The zero-order valence-electron chi connectivity index (χ0n) is 12.1. The lowest BCUT2D eigenvalue weighted by Crippen LogP contribution is -2.41. The van der Waals surface area contributed by atoms with Gasteiger partial charge in [0.1, 0.15) is 0 Å². The van der Waals surface area contributed by atoms with E-state index in [1.165, 1.54) is 4.31 Å². The van der Waals surface area contributed by atoms with Gasteiger partial charge in [-0.1, -0.05) is 20.8 Å². The van der Waals surface area contributed by atoms with Crippen molar-refractivity contribution in [1.82, 2.24) is 4.31 Å². The van der Waals surface area contributed by atoms with Gasteiger partial charge in [-0.2, -0.15) is 0 Å². The van der Waals surface area contributed by atoms with Crippen LogP contribution in [0.25, 0.3) is 0 Å². The molecule has 0 aromatic carbocycles. The number of carboxylic acids is 1. The van der Waals surface area contributed by atoms with Crippen LogP contribution in [0.15, 0.2) is 0 Å². The Kier molecular flexibility index (Phi) is 5.38. The summed E-state index contributed by atoms with van der Waals surface area (Å²) in [5, 5.41) is 8.89. The van der Waals surface area contributed by atoms with Crippen LogP contribution in [-0.2, 0) is 14.8 Å². The van der Waals surface area contributed by atoms with E-state index in [1.807, 2.05) is 0 Å². The van der Waals surface area contributed by atoms with Gasteiger partial charge in [0.25, 0.3) is 0 Å². The molecule has 19 heavy (non-hydrogen) atoms. The molecule has 0 bridgehead atoms. The first kappa shape index (κ1) is 16.4. The van der Waals surface area contributed by atoms with Crippen molar-refractivity contribution in [2.24, 2.45) is 11.3 Å². The topological polar surface area (TPSA) is 74.7 Å². The van der Waals surface area contributed by atoms with Crippen molar-refractivity contribution in [3.63, 3.8) is 0 Å². The van der Waals surface area contributed by atoms with Crippen LogP contribution in [0.1, 0.15) is 46.5 Å². The van der Waals surface area contributed by atoms with E-state index in [-0.39, 0.29) is 17.1 Å². The molecule has 112 valence electrons. The van der Waals surface area contributed by atoms with Crippen molar-refractivity contribution in [3.05, 3.63) is 0 Å². The standard InChI is InChI=1S/C13H25NO4S/c1-13(2,3)7-4-10-19(17,18)14-8-5-11(6-9-14)12(15)16/h11H,4-10H2,1-3H3,(H,15,16). The van der Waals surface area contributed by atoms with Crippen molar-refractivity contribution < 1.29 is 18.3 Å². The predicted molar refractivity (Wildman–Crippen MR) is 74.4 cm³/mol. The molecule has 0 spiro atoms. The number of aliphatic carboxylic acids is 1. The average molecular weight is 291 g/mol. The predicted octanol–water partition coefficient (Wildman–Crippen LogP) is 1.94. The zero-order valence-corrected chi connectivity index (χ0v) is 12.9. The lowest BCUT2D eigenvalue weighted by Gasteiger charge is -2.29. The molecule has 0 radical (unpaired) electrons. The fourth-order valence-electron chi connectivity index (χ4n) is 2.29. The summed E-state index contributed by atoms with van der Waals surface area (Å²) >= 11 is 0. The minimum absolute atomic E-state index is 0.145. The summed E-state index contributed by atoms with van der Waals surface area (Å²) in [5.74, 6) is -1.03. The Morgan fingerprint density at radius 3 is 2.21 bits per heavy atom. The number of piperidine rings is 1. The highest BCUT2D eigenvalue weighted by molar-refractivity contribution is 7.89. The molecule has 0 saturated carbocycles. The molecule has 1 aliphatic heterocycles. The lowest BCUT2D eigenvalue weighted by molar-refractivity contribution is -0.142. The van der Waals surface area contributed by atoms with Gasteiger partial charge < -0.3 is 5.11 Å². The van der Waals surface area contributed by atoms with Gasteiger partial charge in [0.2, 0.25) is 10.0 Å². The first-order valence-corrected chi connectivity index (χ1v) is 8.43. The number of rotatable bonds is 5. The molecule has 1 heterocycles. The van der Waals surface area contributed by atoms with E-state index < -0.39 is 16.0 Å². The van der Waals surface area contributed by atoms with E-state index in [2.05, 4.69) is 20.8 Å². The van der Waals surface area contributed by atoms with E-state index in [9.17, 15) is 13.2 Å². The van der Waals surface area contributed by atoms with E-state index in [0.717, 1.165) is 6.42 Å². The van der Waals surface area contributed by atoms with Gasteiger partial charge >= 0.3 is 5.97 Å². The molecule has 0 aliphatic carbocycles. The smallest absolute Gasteiger partial charge is 0.306 e. The molecule has 0 atom stereocenters. The van der Waals surface area contributed by atoms with Crippen LogP contribution in [0.2, 0.25) is 0 Å². The number of sulfonamides is 1. The van der Waals surface area contributed by atoms with Gasteiger partial charge in [0.15, 0.2) is 0 Å². The molecule has 0 aromatic heterocycles. The summed E-state index contributed by atoms with van der Waals surface area (Å²) in [7, 11) is -3.21. The van der Waals surface area contributed by atoms with Crippen molar-refractivity contribution in [3.8, 4) is 0 Å². The summed E-state index contributed by atoms with van der Waals surface area (Å²) in [6.07, 6.45) is 2.38. The second-order valence-corrected chi connectivity index (χ2v) is 8.58. The number of hydrogen-bond acceptors (Lipinski definition) is 3. The second-order valence-electron chi connectivity index (χ2n) is 6.49. The molecular formula is C13H25NO4S. The summed E-state index contributed by atoms with van der Waals surface area (Å²) in [5.41, 5.74) is 0.145. The molecule has 1 N–H and O–H groups in total. The largest absolute Gasteiger partial charge is 0.481 e. The highest BCUT2D eigenvalue weighted by atomic mass is 32.2. The van der Waals surface area contributed by atoms with Gasteiger partial charge in [-0.05, 0) is 31.1 Å². The summed E-state index contributed by atoms with van der Waals surface area (Å²) in [6, 6.07) is 0. The van der Waals surface area contributed by atoms with Gasteiger partial charge in [-0.15, -0.1) is 0 Å². The normalized spacial score (nSPS) is 19.5. The molecule has 6 heteroatoms. The van der Waals surface area contributed by atoms with Crippen molar-refractivity contribution in [2.75, 3.05) is 18.8 Å². The van der Waals surface area contributed by atoms with Crippen LogP contribution in [0.4, 0.5) is 0 Å². The summed E-state index contributed by atoms with van der Waals surface area (Å²) in [6.45, 7) is 6.97. The number of nitrogens with zero attached hydrogens (tertiary/aromatic N) is 1. The average Bonchev–Trinajstić information content (AvgIpc) is 2.27. The van der Waals surface area contributed by atoms with Crippen molar-refractivity contribution in [2.45, 2.75) is 46.5 Å². The minimum Gasteiger partial charge on any atom is -0.481 e. The Bertz CT molecular complexity index is 403. The SMILES string of the molecule is CC(C)(C)CCCS(=O)(=O)N1CCC(C(=O)O)CC1. The van der Waals surface area contributed by atoms with Gasteiger partial charge in [-0.25, -0.2) is 12.7 Å². The number of carbonyl (C=O) groups is 1. The lowest BCUT2D eigenvalue weighted by atomic mass is 9.91. The summed E-state index contributed by atoms with van der Waals surface area (Å²) in [4.78, 5) is 10.8. The Balaban J connectivity index is 2.45. The Hall–Kier alpha value is -0.620. The molecule has 1 rings (SSSR count). The second kappa shape index (κ2) is 6.22. The number of hydrogen-bond donors (Lipinski definition) is 1. The third-order valence-electron chi connectivity index (χ3n) is 3.53. The van der Waals surface area contributed by atoms with E-state index in [1.54, 1.807) is 0 Å². The quantitative estimate of drug-likeness (QED) is 0.840. The monoisotopic (exact) mass is 291 g/mol. The van der Waals surface area contributed by atoms with Gasteiger partial charge in [0.05, 0.1) is 11.7 Å². The highest BCUT2D eigenvalue weighted by Crippen LogP contribution is 2.23. The molecule has 1 fully saturated rings. The van der Waals surface area contributed by atoms with E-state index in [0.29, 0.717) is 32.4 Å². The van der Waals surface area contributed by atoms with E-state index in [4.69, 9.17) is 5.11 Å². The molecule has 0 aromatic rings. The maximum Gasteiger partial charge on any atom is 0.306 e. The van der Waals surface area contributed by atoms with Crippen LogP contribution >= 0.6 is 0 Å². The number of carboxylic acid groups (broad SMARTS) is 1. The molecule has 1 aliphatic rings. The Morgan fingerprint density at radius 1 is 1.26 bits per heavy atom. The van der Waals surface area contributed by atoms with Crippen LogP contribution in [-0.4, -0.2) is 42.6 Å². The fraction of sp³-hybridized carbons (Fsp3) is 0.923. The Labute approximate surface area is 116 Å². The fourth-order valence-corrected chi connectivity index (χ4v) is 3.83. The molecular weight excluding hydrogens is 266 g/mol. The third-order valence-corrected chi connectivity index (χ3v) is 5.48. The summed E-state index contributed by atoms with van der Waals surface area (Å²) < 4.78 is 25.7. The van der Waals surface area contributed by atoms with Crippen LogP contribution in [0, 0.1) is 11.3 Å². The maximum absolute atomic E-state index is 12.1. The first-order chi connectivity index (χ1) is 8.62. The van der Waals surface area contributed by atoms with Gasteiger partial charge in [-0.3, -0.25) is 4.79 Å². The van der Waals surface area contributed by atoms with Crippen LogP contribution in [0.5, 0.6) is 0 Å². The van der Waals surface area contributed by atoms with Crippen molar-refractivity contribution in [1.29, 1.82) is 0 Å². The van der Waals surface area contributed by atoms with Gasteiger partial charge in [0, 0.05) is 13.1 Å².